The van der Waals surface area contributed by atoms with Crippen LogP contribution in [-0.2, 0) is 4.74 Å². The number of ether oxygens (including phenoxy) is 1. The minimum atomic E-state index is 0.696. The Morgan fingerprint density at radius 2 is 2.12 bits per heavy atom. The summed E-state index contributed by atoms with van der Waals surface area (Å²) in [4.78, 5) is 8.55. The Morgan fingerprint density at radius 1 is 1.29 bits per heavy atom. The first kappa shape index (κ1) is 12.3. The standard InChI is InChI=1S/C12H14BrN3O/c1-2-17-8-7-15-9-3-4-10-12(11(9)13)16-6-5-14-10/h3-6,15H,2,7-8H2,1H3. The first-order valence-electron chi connectivity index (χ1n) is 5.53. The summed E-state index contributed by atoms with van der Waals surface area (Å²) in [5.74, 6) is 0. The third-order valence-corrected chi connectivity index (χ3v) is 3.15. The fourth-order valence-corrected chi connectivity index (χ4v) is 2.12. The first-order valence-corrected chi connectivity index (χ1v) is 6.33. The van der Waals surface area contributed by atoms with E-state index in [1.54, 1.807) is 12.4 Å². The highest BCUT2D eigenvalue weighted by Gasteiger charge is 2.05. The van der Waals surface area contributed by atoms with Crippen molar-refractivity contribution in [3.63, 3.8) is 0 Å². The van der Waals surface area contributed by atoms with E-state index in [4.69, 9.17) is 4.74 Å². The predicted octanol–water partition coefficient (Wildman–Crippen LogP) is 2.84. The minimum absolute atomic E-state index is 0.696. The minimum Gasteiger partial charge on any atom is -0.382 e. The van der Waals surface area contributed by atoms with E-state index in [1.165, 1.54) is 0 Å². The molecule has 1 aromatic carbocycles. The second kappa shape index (κ2) is 5.93. The molecule has 0 aliphatic carbocycles. The van der Waals surface area contributed by atoms with Crippen molar-refractivity contribution in [1.82, 2.24) is 9.97 Å². The monoisotopic (exact) mass is 295 g/mol. The summed E-state index contributed by atoms with van der Waals surface area (Å²) in [7, 11) is 0. The maximum atomic E-state index is 5.28. The second-order valence-electron chi connectivity index (χ2n) is 3.47. The Labute approximate surface area is 109 Å². The van der Waals surface area contributed by atoms with Gasteiger partial charge in [0.2, 0.25) is 0 Å². The molecule has 90 valence electrons. The molecule has 17 heavy (non-hydrogen) atoms. The van der Waals surface area contributed by atoms with Crippen LogP contribution in [0.1, 0.15) is 6.92 Å². The second-order valence-corrected chi connectivity index (χ2v) is 4.27. The van der Waals surface area contributed by atoms with Crippen molar-refractivity contribution in [3.8, 4) is 0 Å². The number of nitrogens with one attached hydrogen (secondary N) is 1. The summed E-state index contributed by atoms with van der Waals surface area (Å²) < 4.78 is 6.22. The van der Waals surface area contributed by atoms with Crippen molar-refractivity contribution in [2.45, 2.75) is 6.92 Å². The molecule has 2 aromatic rings. The van der Waals surface area contributed by atoms with Gasteiger partial charge in [-0.2, -0.15) is 0 Å². The largest absolute Gasteiger partial charge is 0.382 e. The highest BCUT2D eigenvalue weighted by atomic mass is 79.9. The van der Waals surface area contributed by atoms with Crippen LogP contribution in [0.3, 0.4) is 0 Å². The summed E-state index contributed by atoms with van der Waals surface area (Å²) in [6.45, 7) is 4.20. The lowest BCUT2D eigenvalue weighted by atomic mass is 10.2. The van der Waals surface area contributed by atoms with Crippen molar-refractivity contribution in [3.05, 3.63) is 29.0 Å². The van der Waals surface area contributed by atoms with E-state index in [0.29, 0.717) is 6.61 Å². The van der Waals surface area contributed by atoms with Crippen molar-refractivity contribution in [1.29, 1.82) is 0 Å². The smallest absolute Gasteiger partial charge is 0.105 e. The molecule has 0 atom stereocenters. The zero-order chi connectivity index (χ0) is 12.1. The predicted molar refractivity (Wildman–Crippen MR) is 72.2 cm³/mol. The van der Waals surface area contributed by atoms with Gasteiger partial charge >= 0.3 is 0 Å². The molecule has 0 fully saturated rings. The molecule has 1 aromatic heterocycles. The number of hydrogen-bond acceptors (Lipinski definition) is 4. The molecule has 4 nitrogen and oxygen atoms in total. The van der Waals surface area contributed by atoms with Gasteiger partial charge in [-0.05, 0) is 35.0 Å². The van der Waals surface area contributed by atoms with E-state index in [1.807, 2.05) is 19.1 Å². The van der Waals surface area contributed by atoms with E-state index in [0.717, 1.165) is 34.3 Å². The zero-order valence-electron chi connectivity index (χ0n) is 9.61. The SMILES string of the molecule is CCOCCNc1ccc2nccnc2c1Br. The van der Waals surface area contributed by atoms with Crippen LogP contribution in [0.25, 0.3) is 11.0 Å². The number of halogens is 1. The van der Waals surface area contributed by atoms with E-state index in [9.17, 15) is 0 Å². The van der Waals surface area contributed by atoms with Crippen molar-refractivity contribution in [2.24, 2.45) is 0 Å². The lowest BCUT2D eigenvalue weighted by Crippen LogP contribution is -2.09. The molecule has 0 aliphatic rings. The molecule has 5 heteroatoms. The number of rotatable bonds is 5. The highest BCUT2D eigenvalue weighted by Crippen LogP contribution is 2.28. The zero-order valence-corrected chi connectivity index (χ0v) is 11.2. The Kier molecular flexibility index (Phi) is 4.28. The third-order valence-electron chi connectivity index (χ3n) is 2.34. The van der Waals surface area contributed by atoms with Gasteiger partial charge in [0.1, 0.15) is 5.52 Å². The van der Waals surface area contributed by atoms with Gasteiger partial charge in [-0.25, -0.2) is 0 Å². The molecule has 0 bridgehead atoms. The van der Waals surface area contributed by atoms with Gasteiger partial charge in [-0.3, -0.25) is 9.97 Å². The maximum absolute atomic E-state index is 5.28. The lowest BCUT2D eigenvalue weighted by Gasteiger charge is -2.09. The number of nitrogens with zero attached hydrogens (tertiary/aromatic N) is 2. The summed E-state index contributed by atoms with van der Waals surface area (Å²) in [6.07, 6.45) is 3.38. The molecular formula is C12H14BrN3O. The Balaban J connectivity index is 2.15. The van der Waals surface area contributed by atoms with Crippen molar-refractivity contribution >= 4 is 32.7 Å². The quantitative estimate of drug-likeness (QED) is 0.862. The average molecular weight is 296 g/mol. The molecule has 2 rings (SSSR count). The normalized spacial score (nSPS) is 10.7. The van der Waals surface area contributed by atoms with Crippen LogP contribution in [-0.4, -0.2) is 29.7 Å². The van der Waals surface area contributed by atoms with Gasteiger partial charge in [0.25, 0.3) is 0 Å². The molecule has 1 heterocycles. The number of aromatic nitrogens is 2. The Hall–Kier alpha value is -1.20. The average Bonchev–Trinajstić information content (AvgIpc) is 2.37. The van der Waals surface area contributed by atoms with Gasteiger partial charge in [-0.15, -0.1) is 0 Å². The van der Waals surface area contributed by atoms with Crippen LogP contribution < -0.4 is 5.32 Å². The van der Waals surface area contributed by atoms with Crippen LogP contribution in [0.15, 0.2) is 29.0 Å². The summed E-state index contributed by atoms with van der Waals surface area (Å²) in [5.41, 5.74) is 2.77. The molecule has 0 aliphatic heterocycles. The molecule has 0 spiro atoms. The van der Waals surface area contributed by atoms with Gasteiger partial charge in [0, 0.05) is 25.5 Å². The summed E-state index contributed by atoms with van der Waals surface area (Å²) in [5, 5.41) is 3.30. The van der Waals surface area contributed by atoms with E-state index in [-0.39, 0.29) is 0 Å². The van der Waals surface area contributed by atoms with E-state index in [2.05, 4.69) is 31.2 Å². The number of hydrogen-bond donors (Lipinski definition) is 1. The molecule has 0 radical (unpaired) electrons. The molecule has 0 unspecified atom stereocenters. The van der Waals surface area contributed by atoms with Crippen LogP contribution in [0.5, 0.6) is 0 Å². The highest BCUT2D eigenvalue weighted by molar-refractivity contribution is 9.10. The topological polar surface area (TPSA) is 47.0 Å². The Morgan fingerprint density at radius 3 is 2.94 bits per heavy atom. The first-order chi connectivity index (χ1) is 8.33. The molecule has 1 N–H and O–H groups in total. The molecule has 0 saturated carbocycles. The molecule has 0 saturated heterocycles. The molecular weight excluding hydrogens is 282 g/mol. The van der Waals surface area contributed by atoms with Crippen LogP contribution >= 0.6 is 15.9 Å². The fraction of sp³-hybridized carbons (Fsp3) is 0.333. The van der Waals surface area contributed by atoms with Crippen LogP contribution in [0.4, 0.5) is 5.69 Å². The van der Waals surface area contributed by atoms with Crippen molar-refractivity contribution in [2.75, 3.05) is 25.1 Å². The van der Waals surface area contributed by atoms with Crippen LogP contribution in [0.2, 0.25) is 0 Å². The van der Waals surface area contributed by atoms with Crippen molar-refractivity contribution < 1.29 is 4.74 Å². The Bertz CT molecular complexity index is 504. The van der Waals surface area contributed by atoms with Gasteiger partial charge in [0.15, 0.2) is 0 Å². The van der Waals surface area contributed by atoms with E-state index >= 15 is 0 Å². The maximum Gasteiger partial charge on any atom is 0.105 e. The third kappa shape index (κ3) is 2.92. The van der Waals surface area contributed by atoms with Gasteiger partial charge in [-0.1, -0.05) is 0 Å². The fourth-order valence-electron chi connectivity index (χ4n) is 1.54. The molecule has 0 amide bonds. The van der Waals surface area contributed by atoms with Gasteiger partial charge < -0.3 is 10.1 Å². The lowest BCUT2D eigenvalue weighted by molar-refractivity contribution is 0.158. The van der Waals surface area contributed by atoms with Crippen LogP contribution in [0, 0.1) is 0 Å². The summed E-state index contributed by atoms with van der Waals surface area (Å²) >= 11 is 3.55. The summed E-state index contributed by atoms with van der Waals surface area (Å²) in [6, 6.07) is 3.95. The number of benzene rings is 1. The number of fused-ring (bicyclic) bond motifs is 1. The van der Waals surface area contributed by atoms with E-state index < -0.39 is 0 Å². The van der Waals surface area contributed by atoms with Gasteiger partial charge in [0.05, 0.1) is 22.3 Å². The number of anilines is 1.